The highest BCUT2D eigenvalue weighted by molar-refractivity contribution is 9.10. The maximum absolute atomic E-state index is 5.65. The van der Waals surface area contributed by atoms with Gasteiger partial charge in [-0.2, -0.15) is 0 Å². The zero-order valence-corrected chi connectivity index (χ0v) is 11.2. The molecule has 2 aromatic rings. The Bertz CT molecular complexity index is 507. The van der Waals surface area contributed by atoms with Gasteiger partial charge in [-0.1, -0.05) is 18.2 Å². The van der Waals surface area contributed by atoms with Gasteiger partial charge in [0, 0.05) is 0 Å². The quantitative estimate of drug-likeness (QED) is 0.829. The standard InChI is InChI=1S/C12H13BrN4O/c13-10-11(14)16-8-17-12(10)15-6-7-18-9-4-2-1-3-5-9/h1-5,8H,6-7H2,(H3,14,15,16,17). The summed E-state index contributed by atoms with van der Waals surface area (Å²) in [6.45, 7) is 1.17. The first-order valence-corrected chi connectivity index (χ1v) is 6.24. The Balaban J connectivity index is 1.81. The molecule has 0 fully saturated rings. The van der Waals surface area contributed by atoms with E-state index in [9.17, 15) is 0 Å². The molecular formula is C12H13BrN4O. The number of aromatic nitrogens is 2. The van der Waals surface area contributed by atoms with Gasteiger partial charge in [0.05, 0.1) is 6.54 Å². The molecular weight excluding hydrogens is 296 g/mol. The van der Waals surface area contributed by atoms with E-state index in [0.29, 0.717) is 29.3 Å². The molecule has 2 rings (SSSR count). The smallest absolute Gasteiger partial charge is 0.146 e. The molecule has 1 aromatic carbocycles. The topological polar surface area (TPSA) is 73.1 Å². The van der Waals surface area contributed by atoms with Crippen LogP contribution in [0.25, 0.3) is 0 Å². The van der Waals surface area contributed by atoms with E-state index in [-0.39, 0.29) is 0 Å². The first-order valence-electron chi connectivity index (χ1n) is 5.45. The van der Waals surface area contributed by atoms with Gasteiger partial charge in [0.2, 0.25) is 0 Å². The maximum Gasteiger partial charge on any atom is 0.146 e. The van der Waals surface area contributed by atoms with E-state index in [2.05, 4.69) is 31.2 Å². The molecule has 5 nitrogen and oxygen atoms in total. The van der Waals surface area contributed by atoms with Crippen LogP contribution in [-0.2, 0) is 0 Å². The number of nitrogen functional groups attached to an aromatic ring is 1. The number of nitrogens with one attached hydrogen (secondary N) is 1. The highest BCUT2D eigenvalue weighted by Gasteiger charge is 2.04. The number of ether oxygens (including phenoxy) is 1. The van der Waals surface area contributed by atoms with Gasteiger partial charge in [-0.3, -0.25) is 0 Å². The minimum absolute atomic E-state index is 0.413. The summed E-state index contributed by atoms with van der Waals surface area (Å²) in [7, 11) is 0. The molecule has 1 aromatic heterocycles. The van der Waals surface area contributed by atoms with Crippen molar-refractivity contribution in [3.8, 4) is 5.75 Å². The van der Waals surface area contributed by atoms with Crippen molar-refractivity contribution >= 4 is 27.6 Å². The summed E-state index contributed by atoms with van der Waals surface area (Å²) in [6, 6.07) is 9.65. The SMILES string of the molecule is Nc1ncnc(NCCOc2ccccc2)c1Br. The molecule has 0 bridgehead atoms. The molecule has 94 valence electrons. The highest BCUT2D eigenvalue weighted by atomic mass is 79.9. The van der Waals surface area contributed by atoms with Crippen LogP contribution >= 0.6 is 15.9 Å². The lowest BCUT2D eigenvalue weighted by Gasteiger charge is -2.09. The van der Waals surface area contributed by atoms with Crippen molar-refractivity contribution in [1.29, 1.82) is 0 Å². The van der Waals surface area contributed by atoms with E-state index in [4.69, 9.17) is 10.5 Å². The molecule has 3 N–H and O–H groups in total. The Morgan fingerprint density at radius 3 is 2.78 bits per heavy atom. The van der Waals surface area contributed by atoms with Crippen molar-refractivity contribution in [2.45, 2.75) is 0 Å². The third kappa shape index (κ3) is 3.33. The summed E-state index contributed by atoms with van der Waals surface area (Å²) in [5.74, 6) is 1.93. The molecule has 1 heterocycles. The molecule has 0 unspecified atom stereocenters. The maximum atomic E-state index is 5.65. The van der Waals surface area contributed by atoms with Crippen molar-refractivity contribution in [2.75, 3.05) is 24.2 Å². The monoisotopic (exact) mass is 308 g/mol. The van der Waals surface area contributed by atoms with Crippen LogP contribution in [0.3, 0.4) is 0 Å². The van der Waals surface area contributed by atoms with Gasteiger partial charge >= 0.3 is 0 Å². The van der Waals surface area contributed by atoms with E-state index in [1.54, 1.807) is 0 Å². The van der Waals surface area contributed by atoms with E-state index in [0.717, 1.165) is 5.75 Å². The summed E-state index contributed by atoms with van der Waals surface area (Å²) >= 11 is 3.32. The Morgan fingerprint density at radius 2 is 2.00 bits per heavy atom. The predicted octanol–water partition coefficient (Wildman–Crippen LogP) is 2.31. The normalized spacial score (nSPS) is 10.1. The van der Waals surface area contributed by atoms with Crippen LogP contribution in [0.1, 0.15) is 0 Å². The summed E-state index contributed by atoms with van der Waals surface area (Å²) in [5.41, 5.74) is 5.65. The first kappa shape index (κ1) is 12.6. The lowest BCUT2D eigenvalue weighted by Crippen LogP contribution is -2.13. The Labute approximate surface area is 114 Å². The van der Waals surface area contributed by atoms with Crippen LogP contribution in [0.15, 0.2) is 41.1 Å². The van der Waals surface area contributed by atoms with E-state index in [1.807, 2.05) is 30.3 Å². The van der Waals surface area contributed by atoms with Crippen molar-refractivity contribution in [3.05, 3.63) is 41.1 Å². The molecule has 0 saturated heterocycles. The lowest BCUT2D eigenvalue weighted by atomic mass is 10.3. The van der Waals surface area contributed by atoms with Gasteiger partial charge in [0.15, 0.2) is 0 Å². The van der Waals surface area contributed by atoms with Gasteiger partial charge in [-0.25, -0.2) is 9.97 Å². The van der Waals surface area contributed by atoms with Crippen LogP contribution in [0.4, 0.5) is 11.6 Å². The van der Waals surface area contributed by atoms with Gasteiger partial charge in [-0.05, 0) is 28.1 Å². The van der Waals surface area contributed by atoms with Crippen LogP contribution < -0.4 is 15.8 Å². The van der Waals surface area contributed by atoms with Crippen LogP contribution in [-0.4, -0.2) is 23.1 Å². The summed E-state index contributed by atoms with van der Waals surface area (Å²) < 4.78 is 6.22. The third-order valence-corrected chi connectivity index (χ3v) is 3.00. The molecule has 0 aliphatic rings. The van der Waals surface area contributed by atoms with Crippen molar-refractivity contribution in [2.24, 2.45) is 0 Å². The molecule has 0 amide bonds. The molecule has 0 radical (unpaired) electrons. The second-order valence-electron chi connectivity index (χ2n) is 3.51. The largest absolute Gasteiger partial charge is 0.492 e. The van der Waals surface area contributed by atoms with Crippen molar-refractivity contribution < 1.29 is 4.74 Å². The second-order valence-corrected chi connectivity index (χ2v) is 4.30. The minimum atomic E-state index is 0.413. The number of halogens is 1. The van der Waals surface area contributed by atoms with E-state index < -0.39 is 0 Å². The highest BCUT2D eigenvalue weighted by Crippen LogP contribution is 2.23. The van der Waals surface area contributed by atoms with Crippen molar-refractivity contribution in [3.63, 3.8) is 0 Å². The van der Waals surface area contributed by atoms with Gasteiger partial charge in [-0.15, -0.1) is 0 Å². The fraction of sp³-hybridized carbons (Fsp3) is 0.167. The van der Waals surface area contributed by atoms with Crippen molar-refractivity contribution in [1.82, 2.24) is 9.97 Å². The average Bonchev–Trinajstić information content (AvgIpc) is 2.40. The lowest BCUT2D eigenvalue weighted by molar-refractivity contribution is 0.332. The first-order chi connectivity index (χ1) is 8.77. The number of hydrogen-bond acceptors (Lipinski definition) is 5. The number of rotatable bonds is 5. The number of hydrogen-bond donors (Lipinski definition) is 2. The molecule has 18 heavy (non-hydrogen) atoms. The number of nitrogens with zero attached hydrogens (tertiary/aromatic N) is 2. The number of nitrogens with two attached hydrogens (primary N) is 1. The number of para-hydroxylation sites is 1. The average molecular weight is 309 g/mol. The Kier molecular flexibility index (Phi) is 4.35. The van der Waals surface area contributed by atoms with Crippen LogP contribution in [0.5, 0.6) is 5.75 Å². The molecule has 0 spiro atoms. The Morgan fingerprint density at radius 1 is 1.22 bits per heavy atom. The third-order valence-electron chi connectivity index (χ3n) is 2.22. The zero-order valence-electron chi connectivity index (χ0n) is 9.64. The molecule has 6 heteroatoms. The molecule has 0 aliphatic heterocycles. The minimum Gasteiger partial charge on any atom is -0.492 e. The summed E-state index contributed by atoms with van der Waals surface area (Å²) in [4.78, 5) is 7.94. The van der Waals surface area contributed by atoms with Gasteiger partial charge in [0.1, 0.15) is 34.8 Å². The molecule has 0 saturated carbocycles. The van der Waals surface area contributed by atoms with E-state index >= 15 is 0 Å². The summed E-state index contributed by atoms with van der Waals surface area (Å²) in [5, 5.41) is 3.12. The van der Waals surface area contributed by atoms with Crippen LogP contribution in [0.2, 0.25) is 0 Å². The summed E-state index contributed by atoms with van der Waals surface area (Å²) in [6.07, 6.45) is 1.42. The zero-order chi connectivity index (χ0) is 12.8. The predicted molar refractivity (Wildman–Crippen MR) is 74.6 cm³/mol. The fourth-order valence-corrected chi connectivity index (χ4v) is 1.71. The van der Waals surface area contributed by atoms with Crippen LogP contribution in [0, 0.1) is 0 Å². The van der Waals surface area contributed by atoms with E-state index in [1.165, 1.54) is 6.33 Å². The Hall–Kier alpha value is -1.82. The molecule has 0 atom stereocenters. The van der Waals surface area contributed by atoms with Gasteiger partial charge in [0.25, 0.3) is 0 Å². The number of benzene rings is 1. The second kappa shape index (κ2) is 6.20. The molecule has 0 aliphatic carbocycles. The fourth-order valence-electron chi connectivity index (χ4n) is 1.36. The number of anilines is 2. The van der Waals surface area contributed by atoms with Gasteiger partial charge < -0.3 is 15.8 Å².